The van der Waals surface area contributed by atoms with Crippen LogP contribution in [0.1, 0.15) is 10.6 Å². The van der Waals surface area contributed by atoms with Crippen molar-refractivity contribution in [1.29, 1.82) is 0 Å². The second-order valence-electron chi connectivity index (χ2n) is 2.31. The smallest absolute Gasteiger partial charge is 0.371 e. The molecule has 0 radical (unpaired) electrons. The Morgan fingerprint density at radius 2 is 2.25 bits per heavy atom. The first-order chi connectivity index (χ1) is 5.77. The van der Waals surface area contributed by atoms with Crippen LogP contribution in [0.25, 0.3) is 11.3 Å². The number of aromatic carboxylic acids is 1. The summed E-state index contributed by atoms with van der Waals surface area (Å²) in [5, 5.41) is 8.57. The molecule has 0 spiro atoms. The average Bonchev–Trinajstić information content (AvgIpc) is 2.49. The molecule has 0 unspecified atom stereocenters. The predicted molar refractivity (Wildman–Crippen MR) is 40.0 cm³/mol. The molecule has 2 aliphatic heterocycles. The van der Waals surface area contributed by atoms with E-state index >= 15 is 0 Å². The number of aromatic amines is 1. The van der Waals surface area contributed by atoms with E-state index in [2.05, 4.69) is 15.0 Å². The number of rotatable bonds is 1. The summed E-state index contributed by atoms with van der Waals surface area (Å²) in [6.07, 6.45) is 4.65. The second kappa shape index (κ2) is 2.30. The van der Waals surface area contributed by atoms with E-state index in [0.717, 1.165) is 5.56 Å². The standard InChI is InChI=1S/C7H5N3O2/c11-7(12)6-9-2-4-1-8-3-5(4)10-6/h1-3H,(H,9,10)(H,11,12). The molecule has 0 aromatic rings. The lowest BCUT2D eigenvalue weighted by Crippen LogP contribution is -2.04. The quantitative estimate of drug-likeness (QED) is 0.645. The third-order valence-electron chi connectivity index (χ3n) is 1.52. The van der Waals surface area contributed by atoms with Gasteiger partial charge in [0.15, 0.2) is 0 Å². The fraction of sp³-hybridized carbons (Fsp3) is 0. The van der Waals surface area contributed by atoms with Gasteiger partial charge in [-0.1, -0.05) is 0 Å². The molecular formula is C7H5N3O2. The summed E-state index contributed by atoms with van der Waals surface area (Å²) in [6, 6.07) is 0. The van der Waals surface area contributed by atoms with Crippen molar-refractivity contribution in [2.75, 3.05) is 0 Å². The van der Waals surface area contributed by atoms with Gasteiger partial charge in [-0.05, 0) is 0 Å². The predicted octanol–water partition coefficient (Wildman–Crippen LogP) is 0.608. The molecule has 0 fully saturated rings. The Bertz CT molecular complexity index is 396. The molecule has 2 heterocycles. The number of nitrogens with one attached hydrogen (secondary N) is 1. The van der Waals surface area contributed by atoms with Gasteiger partial charge in [0, 0.05) is 18.0 Å². The van der Waals surface area contributed by atoms with Crippen LogP contribution in [0.3, 0.4) is 0 Å². The minimum atomic E-state index is -1.07. The fourth-order valence-corrected chi connectivity index (χ4v) is 0.946. The third kappa shape index (κ3) is 0.914. The second-order valence-corrected chi connectivity index (χ2v) is 2.31. The number of carboxylic acids is 1. The molecular weight excluding hydrogens is 158 g/mol. The van der Waals surface area contributed by atoms with Crippen LogP contribution in [0, 0.1) is 0 Å². The van der Waals surface area contributed by atoms with Crippen LogP contribution in [-0.2, 0) is 0 Å². The summed E-state index contributed by atoms with van der Waals surface area (Å²) >= 11 is 0. The van der Waals surface area contributed by atoms with E-state index < -0.39 is 5.97 Å². The molecule has 60 valence electrons. The van der Waals surface area contributed by atoms with E-state index in [1.165, 1.54) is 6.20 Å². The third-order valence-corrected chi connectivity index (χ3v) is 1.52. The molecule has 0 aliphatic carbocycles. The van der Waals surface area contributed by atoms with E-state index in [9.17, 15) is 4.79 Å². The van der Waals surface area contributed by atoms with Crippen LogP contribution in [0.15, 0.2) is 18.6 Å². The van der Waals surface area contributed by atoms with Gasteiger partial charge in [0.1, 0.15) is 0 Å². The van der Waals surface area contributed by atoms with Gasteiger partial charge in [0.25, 0.3) is 0 Å². The fourth-order valence-electron chi connectivity index (χ4n) is 0.946. The van der Waals surface area contributed by atoms with Crippen molar-refractivity contribution in [3.05, 3.63) is 24.4 Å². The minimum absolute atomic E-state index is 0.0736. The van der Waals surface area contributed by atoms with Crippen LogP contribution in [0.4, 0.5) is 0 Å². The van der Waals surface area contributed by atoms with Crippen LogP contribution < -0.4 is 0 Å². The Kier molecular flexibility index (Phi) is 1.30. The molecule has 12 heavy (non-hydrogen) atoms. The molecule has 0 aromatic heterocycles. The summed E-state index contributed by atoms with van der Waals surface area (Å²) < 4.78 is 0. The summed E-state index contributed by atoms with van der Waals surface area (Å²) in [5.41, 5.74) is 1.49. The zero-order chi connectivity index (χ0) is 8.55. The maximum absolute atomic E-state index is 10.5. The molecule has 0 amide bonds. The first-order valence-corrected chi connectivity index (χ1v) is 3.29. The number of nitrogens with zero attached hydrogens (tertiary/aromatic N) is 2. The van der Waals surface area contributed by atoms with Gasteiger partial charge in [0.05, 0.1) is 11.9 Å². The number of carboxylic acid groups (broad SMARTS) is 1. The highest BCUT2D eigenvalue weighted by atomic mass is 16.4. The monoisotopic (exact) mass is 163 g/mol. The van der Waals surface area contributed by atoms with Gasteiger partial charge in [-0.15, -0.1) is 0 Å². The van der Waals surface area contributed by atoms with Gasteiger partial charge < -0.3 is 10.1 Å². The van der Waals surface area contributed by atoms with Crippen molar-refractivity contribution in [1.82, 2.24) is 15.0 Å². The van der Waals surface area contributed by atoms with Crippen LogP contribution in [0.2, 0.25) is 0 Å². The van der Waals surface area contributed by atoms with Crippen molar-refractivity contribution >= 4 is 5.97 Å². The molecule has 0 aromatic carbocycles. The van der Waals surface area contributed by atoms with Crippen molar-refractivity contribution in [3.8, 4) is 11.3 Å². The molecule has 0 saturated carbocycles. The lowest BCUT2D eigenvalue weighted by molar-refractivity contribution is 0.0683. The minimum Gasteiger partial charge on any atom is -0.475 e. The summed E-state index contributed by atoms with van der Waals surface area (Å²) in [6.45, 7) is 0. The van der Waals surface area contributed by atoms with E-state index in [4.69, 9.17) is 5.11 Å². The molecule has 2 N–H and O–H groups in total. The van der Waals surface area contributed by atoms with Gasteiger partial charge in [0.2, 0.25) is 5.82 Å². The normalized spacial score (nSPS) is 10.3. The zero-order valence-electron chi connectivity index (χ0n) is 5.98. The van der Waals surface area contributed by atoms with Crippen LogP contribution in [-0.4, -0.2) is 26.0 Å². The SMILES string of the molecule is O=C(O)c1ncc2cncc-2[nH]1. The van der Waals surface area contributed by atoms with Crippen molar-refractivity contribution in [2.45, 2.75) is 0 Å². The van der Waals surface area contributed by atoms with Crippen molar-refractivity contribution < 1.29 is 9.90 Å². The number of H-pyrrole nitrogens is 1. The zero-order valence-corrected chi connectivity index (χ0v) is 5.98. The topological polar surface area (TPSA) is 78.9 Å². The van der Waals surface area contributed by atoms with E-state index in [-0.39, 0.29) is 5.82 Å². The van der Waals surface area contributed by atoms with Gasteiger partial charge >= 0.3 is 5.97 Å². The first-order valence-electron chi connectivity index (χ1n) is 3.29. The number of hydrogen-bond acceptors (Lipinski definition) is 3. The van der Waals surface area contributed by atoms with Gasteiger partial charge in [-0.3, -0.25) is 4.98 Å². The van der Waals surface area contributed by atoms with Gasteiger partial charge in [-0.25, -0.2) is 9.78 Å². The highest BCUT2D eigenvalue weighted by Gasteiger charge is 2.09. The Labute approximate surface area is 67.4 Å². The lowest BCUT2D eigenvalue weighted by Gasteiger charge is -1.98. The molecule has 0 bridgehead atoms. The Hall–Kier alpha value is -1.91. The summed E-state index contributed by atoms with van der Waals surface area (Å²) in [7, 11) is 0. The largest absolute Gasteiger partial charge is 0.475 e. The average molecular weight is 163 g/mol. The van der Waals surface area contributed by atoms with Crippen LogP contribution >= 0.6 is 0 Å². The Morgan fingerprint density at radius 1 is 1.42 bits per heavy atom. The first kappa shape index (κ1) is 6.78. The van der Waals surface area contributed by atoms with E-state index in [0.29, 0.717) is 5.69 Å². The molecule has 0 atom stereocenters. The van der Waals surface area contributed by atoms with E-state index in [1.807, 2.05) is 0 Å². The number of fused-ring (bicyclic) bond motifs is 1. The Morgan fingerprint density at radius 3 is 3.00 bits per heavy atom. The van der Waals surface area contributed by atoms with E-state index in [1.54, 1.807) is 12.4 Å². The molecule has 0 saturated heterocycles. The molecule has 5 heteroatoms. The van der Waals surface area contributed by atoms with Gasteiger partial charge in [-0.2, -0.15) is 0 Å². The number of hydrogen-bond donors (Lipinski definition) is 2. The summed E-state index contributed by atoms with van der Waals surface area (Å²) in [5.74, 6) is -1.14. The number of carbonyl (C=O) groups is 1. The summed E-state index contributed by atoms with van der Waals surface area (Å²) in [4.78, 5) is 20.6. The highest BCUT2D eigenvalue weighted by molar-refractivity contribution is 5.84. The Balaban J connectivity index is 2.62. The molecule has 5 nitrogen and oxygen atoms in total. The van der Waals surface area contributed by atoms with Crippen molar-refractivity contribution in [2.24, 2.45) is 0 Å². The maximum atomic E-state index is 10.5. The number of aromatic nitrogens is 3. The van der Waals surface area contributed by atoms with Crippen LogP contribution in [0.5, 0.6) is 0 Å². The van der Waals surface area contributed by atoms with Crippen molar-refractivity contribution in [3.63, 3.8) is 0 Å². The lowest BCUT2D eigenvalue weighted by atomic mass is 10.3. The molecule has 2 rings (SSSR count). The maximum Gasteiger partial charge on any atom is 0.371 e. The highest BCUT2D eigenvalue weighted by Crippen LogP contribution is 2.16. The molecule has 2 aliphatic rings.